The van der Waals surface area contributed by atoms with Gasteiger partial charge in [0, 0.05) is 15.9 Å². The van der Waals surface area contributed by atoms with Crippen LogP contribution in [-0.4, -0.2) is 6.54 Å². The Hall–Kier alpha value is -0.840. The average Bonchev–Trinajstić information content (AvgIpc) is 2.39. The summed E-state index contributed by atoms with van der Waals surface area (Å²) in [6, 6.07) is 13.1. The molecule has 0 amide bonds. The Balaban J connectivity index is 2.27. The second-order valence-corrected chi connectivity index (χ2v) is 6.07. The summed E-state index contributed by atoms with van der Waals surface area (Å²) in [6.45, 7) is 3.60. The maximum atomic E-state index is 14.0. The van der Waals surface area contributed by atoms with E-state index in [1.165, 1.54) is 17.8 Å². The molecule has 4 heteroatoms. The highest BCUT2D eigenvalue weighted by molar-refractivity contribution is 9.10. The normalized spacial score (nSPS) is 10.7. The van der Waals surface area contributed by atoms with E-state index in [-0.39, 0.29) is 5.82 Å². The molecular formula is C15H15BrFNS. The molecule has 0 aliphatic heterocycles. The van der Waals surface area contributed by atoms with Gasteiger partial charge in [0.1, 0.15) is 5.82 Å². The quantitative estimate of drug-likeness (QED) is 0.835. The SMILES string of the molecule is CCNCc1cccc(F)c1Sc1cccc(Br)c1. The van der Waals surface area contributed by atoms with Gasteiger partial charge in [-0.2, -0.15) is 0 Å². The van der Waals surface area contributed by atoms with E-state index in [1.54, 1.807) is 6.07 Å². The molecule has 0 atom stereocenters. The van der Waals surface area contributed by atoms with Crippen LogP contribution in [0.1, 0.15) is 12.5 Å². The predicted octanol–water partition coefficient (Wildman–Crippen LogP) is 4.85. The van der Waals surface area contributed by atoms with Gasteiger partial charge in [-0.25, -0.2) is 4.39 Å². The standard InChI is InChI=1S/C15H15BrFNS/c1-2-18-10-11-5-3-8-14(17)15(11)19-13-7-4-6-12(16)9-13/h3-9,18H,2,10H2,1H3. The van der Waals surface area contributed by atoms with Crippen molar-refractivity contribution in [2.24, 2.45) is 0 Å². The van der Waals surface area contributed by atoms with E-state index in [1.807, 2.05) is 37.3 Å². The highest BCUT2D eigenvalue weighted by Crippen LogP contribution is 2.33. The molecule has 2 rings (SSSR count). The van der Waals surface area contributed by atoms with Crippen molar-refractivity contribution in [3.63, 3.8) is 0 Å². The zero-order valence-electron chi connectivity index (χ0n) is 10.6. The van der Waals surface area contributed by atoms with E-state index in [4.69, 9.17) is 0 Å². The number of hydrogen-bond acceptors (Lipinski definition) is 2. The van der Waals surface area contributed by atoms with E-state index >= 15 is 0 Å². The van der Waals surface area contributed by atoms with E-state index in [0.717, 1.165) is 21.5 Å². The molecule has 19 heavy (non-hydrogen) atoms. The van der Waals surface area contributed by atoms with Crippen molar-refractivity contribution in [2.45, 2.75) is 23.3 Å². The summed E-state index contributed by atoms with van der Waals surface area (Å²) in [5.74, 6) is -0.166. The highest BCUT2D eigenvalue weighted by atomic mass is 79.9. The first-order valence-corrected chi connectivity index (χ1v) is 7.73. The summed E-state index contributed by atoms with van der Waals surface area (Å²) in [4.78, 5) is 1.72. The Kier molecular flexibility index (Phi) is 5.43. The van der Waals surface area contributed by atoms with Gasteiger partial charge in [-0.3, -0.25) is 0 Å². The fourth-order valence-corrected chi connectivity index (χ4v) is 3.27. The molecule has 0 saturated carbocycles. The van der Waals surface area contributed by atoms with Crippen LogP contribution in [0.2, 0.25) is 0 Å². The Bertz CT molecular complexity index is 560. The lowest BCUT2D eigenvalue weighted by Crippen LogP contribution is -2.12. The molecule has 0 saturated heterocycles. The molecule has 0 fully saturated rings. The molecule has 100 valence electrons. The molecule has 0 aliphatic carbocycles. The first-order chi connectivity index (χ1) is 9.20. The number of hydrogen-bond donors (Lipinski definition) is 1. The Morgan fingerprint density at radius 3 is 2.74 bits per heavy atom. The van der Waals surface area contributed by atoms with Crippen LogP contribution in [0.5, 0.6) is 0 Å². The van der Waals surface area contributed by atoms with Crippen LogP contribution in [0.3, 0.4) is 0 Å². The maximum absolute atomic E-state index is 14.0. The van der Waals surface area contributed by atoms with Gasteiger partial charge in [0.25, 0.3) is 0 Å². The molecule has 0 unspecified atom stereocenters. The molecule has 1 N–H and O–H groups in total. The van der Waals surface area contributed by atoms with Gasteiger partial charge in [-0.15, -0.1) is 0 Å². The molecule has 0 bridgehead atoms. The number of nitrogens with one attached hydrogen (secondary N) is 1. The van der Waals surface area contributed by atoms with Gasteiger partial charge in [-0.1, -0.05) is 52.8 Å². The summed E-state index contributed by atoms with van der Waals surface area (Å²) >= 11 is 4.90. The predicted molar refractivity (Wildman–Crippen MR) is 82.0 cm³/mol. The van der Waals surface area contributed by atoms with Crippen molar-refractivity contribution in [2.75, 3.05) is 6.54 Å². The topological polar surface area (TPSA) is 12.0 Å². The smallest absolute Gasteiger partial charge is 0.137 e. The number of halogens is 2. The zero-order valence-corrected chi connectivity index (χ0v) is 13.0. The summed E-state index contributed by atoms with van der Waals surface area (Å²) in [5, 5.41) is 3.24. The number of rotatable bonds is 5. The van der Waals surface area contributed by atoms with Gasteiger partial charge in [0.05, 0.1) is 4.90 Å². The third kappa shape index (κ3) is 4.06. The summed E-state index contributed by atoms with van der Waals surface area (Å²) in [6.07, 6.45) is 0. The van der Waals surface area contributed by atoms with Crippen LogP contribution in [0.25, 0.3) is 0 Å². The lowest BCUT2D eigenvalue weighted by Gasteiger charge is -2.11. The Morgan fingerprint density at radius 2 is 2.00 bits per heavy atom. The lowest BCUT2D eigenvalue weighted by molar-refractivity contribution is 0.591. The molecule has 0 aliphatic rings. The summed E-state index contributed by atoms with van der Waals surface area (Å²) in [7, 11) is 0. The van der Waals surface area contributed by atoms with Crippen molar-refractivity contribution in [1.29, 1.82) is 0 Å². The summed E-state index contributed by atoms with van der Waals surface area (Å²) < 4.78 is 15.0. The maximum Gasteiger partial charge on any atom is 0.137 e. The zero-order chi connectivity index (χ0) is 13.7. The fourth-order valence-electron chi connectivity index (χ4n) is 1.72. The van der Waals surface area contributed by atoms with Gasteiger partial charge in [0.15, 0.2) is 0 Å². The van der Waals surface area contributed by atoms with E-state index < -0.39 is 0 Å². The molecule has 0 aromatic heterocycles. The number of benzene rings is 2. The van der Waals surface area contributed by atoms with E-state index in [0.29, 0.717) is 11.4 Å². The van der Waals surface area contributed by atoms with Crippen molar-refractivity contribution in [1.82, 2.24) is 5.32 Å². The molecule has 0 spiro atoms. The van der Waals surface area contributed by atoms with Crippen LogP contribution in [-0.2, 0) is 6.54 Å². The Morgan fingerprint density at radius 1 is 1.21 bits per heavy atom. The first-order valence-electron chi connectivity index (χ1n) is 6.12. The van der Waals surface area contributed by atoms with Gasteiger partial charge in [0.2, 0.25) is 0 Å². The molecule has 0 heterocycles. The summed E-state index contributed by atoms with van der Waals surface area (Å²) in [5.41, 5.74) is 0.992. The van der Waals surface area contributed by atoms with Gasteiger partial charge >= 0.3 is 0 Å². The third-order valence-electron chi connectivity index (χ3n) is 2.63. The van der Waals surface area contributed by atoms with Crippen molar-refractivity contribution in [3.05, 3.63) is 58.3 Å². The second-order valence-electron chi connectivity index (χ2n) is 4.07. The minimum atomic E-state index is -0.166. The van der Waals surface area contributed by atoms with E-state index in [9.17, 15) is 4.39 Å². The highest BCUT2D eigenvalue weighted by Gasteiger charge is 2.10. The second kappa shape index (κ2) is 7.08. The van der Waals surface area contributed by atoms with Gasteiger partial charge in [-0.05, 0) is 36.4 Å². The molecule has 0 radical (unpaired) electrons. The molecule has 2 aromatic carbocycles. The largest absolute Gasteiger partial charge is 0.313 e. The minimum absolute atomic E-state index is 0.166. The van der Waals surface area contributed by atoms with Crippen molar-refractivity contribution in [3.8, 4) is 0 Å². The van der Waals surface area contributed by atoms with Crippen LogP contribution >= 0.6 is 27.7 Å². The first kappa shape index (κ1) is 14.6. The van der Waals surface area contributed by atoms with Crippen molar-refractivity contribution < 1.29 is 4.39 Å². The van der Waals surface area contributed by atoms with E-state index in [2.05, 4.69) is 21.2 Å². The van der Waals surface area contributed by atoms with Crippen LogP contribution < -0.4 is 5.32 Å². The van der Waals surface area contributed by atoms with Crippen molar-refractivity contribution >= 4 is 27.7 Å². The van der Waals surface area contributed by atoms with Gasteiger partial charge < -0.3 is 5.32 Å². The van der Waals surface area contributed by atoms with Crippen LogP contribution in [0.4, 0.5) is 4.39 Å². The fraction of sp³-hybridized carbons (Fsp3) is 0.200. The molecule has 2 aromatic rings. The minimum Gasteiger partial charge on any atom is -0.313 e. The third-order valence-corrected chi connectivity index (χ3v) is 4.27. The Labute approximate surface area is 125 Å². The van der Waals surface area contributed by atoms with Crippen LogP contribution in [0.15, 0.2) is 56.7 Å². The average molecular weight is 340 g/mol. The van der Waals surface area contributed by atoms with Crippen LogP contribution in [0, 0.1) is 5.82 Å². The monoisotopic (exact) mass is 339 g/mol. The molecule has 1 nitrogen and oxygen atoms in total. The lowest BCUT2D eigenvalue weighted by atomic mass is 10.2. The molecular weight excluding hydrogens is 325 g/mol.